The first kappa shape index (κ1) is 14.8. The summed E-state index contributed by atoms with van der Waals surface area (Å²) in [5.41, 5.74) is 0. The van der Waals surface area contributed by atoms with E-state index in [-0.39, 0.29) is 5.38 Å². The van der Waals surface area contributed by atoms with Crippen molar-refractivity contribution in [3.63, 3.8) is 0 Å². The normalized spacial score (nSPS) is 11.9. The van der Waals surface area contributed by atoms with Crippen LogP contribution in [0, 0.1) is 11.8 Å². The molecule has 0 rings (SSSR count). The van der Waals surface area contributed by atoms with Crippen molar-refractivity contribution in [2.24, 2.45) is 0 Å². The molecule has 1 heteroatoms. The molecule has 0 nitrogen and oxygen atoms in total. The van der Waals surface area contributed by atoms with Gasteiger partial charge in [-0.2, -0.15) is 0 Å². The number of rotatable bonds is 8. The van der Waals surface area contributed by atoms with Crippen LogP contribution < -0.4 is 0 Å². The largest absolute Gasteiger partial charge is 0.109 e. The van der Waals surface area contributed by atoms with E-state index >= 15 is 0 Å². The predicted molar refractivity (Wildman–Crippen MR) is 70.3 cm³/mol. The average Bonchev–Trinajstić information content (AvgIpc) is 2.22. The molecule has 0 fully saturated rings. The van der Waals surface area contributed by atoms with Crippen molar-refractivity contribution in [3.05, 3.63) is 0 Å². The lowest BCUT2D eigenvalue weighted by atomic mass is 10.1. The summed E-state index contributed by atoms with van der Waals surface area (Å²) in [6, 6.07) is 0. The quantitative estimate of drug-likeness (QED) is 0.306. The fraction of sp³-hybridized carbons (Fsp3) is 0.857. The number of unbranched alkanes of at least 4 members (excludes halogenated alkanes) is 6. The standard InChI is InChI=1S/C14H25Cl/c1-3-5-6-7-8-9-10-11-13-14(15)12-4-2/h14H,3-10,12H2,1-2H3. The van der Waals surface area contributed by atoms with Gasteiger partial charge in [0.2, 0.25) is 0 Å². The third-order valence-corrected chi connectivity index (χ3v) is 2.78. The Morgan fingerprint density at radius 1 is 0.933 bits per heavy atom. The molecule has 1 atom stereocenters. The highest BCUT2D eigenvalue weighted by atomic mass is 35.5. The molecule has 0 heterocycles. The molecule has 0 N–H and O–H groups in total. The molecular formula is C14H25Cl. The van der Waals surface area contributed by atoms with E-state index in [1.165, 1.54) is 38.5 Å². The maximum Gasteiger partial charge on any atom is 0.0943 e. The van der Waals surface area contributed by atoms with Crippen LogP contribution in [0.5, 0.6) is 0 Å². The van der Waals surface area contributed by atoms with Gasteiger partial charge in [-0.05, 0) is 12.8 Å². The average molecular weight is 229 g/mol. The summed E-state index contributed by atoms with van der Waals surface area (Å²) in [7, 11) is 0. The van der Waals surface area contributed by atoms with Gasteiger partial charge in [0.25, 0.3) is 0 Å². The Hall–Kier alpha value is -0.150. The molecule has 88 valence electrons. The third kappa shape index (κ3) is 11.8. The van der Waals surface area contributed by atoms with E-state index in [0.29, 0.717) is 0 Å². The highest BCUT2D eigenvalue weighted by molar-refractivity contribution is 6.22. The van der Waals surface area contributed by atoms with Gasteiger partial charge in [-0.3, -0.25) is 0 Å². The van der Waals surface area contributed by atoms with E-state index in [4.69, 9.17) is 11.6 Å². The summed E-state index contributed by atoms with van der Waals surface area (Å²) in [5, 5.41) is 0.0788. The molecule has 0 aliphatic carbocycles. The molecule has 0 aromatic carbocycles. The Kier molecular flexibility index (Phi) is 11.8. The van der Waals surface area contributed by atoms with Gasteiger partial charge in [0.1, 0.15) is 0 Å². The molecule has 0 aromatic heterocycles. The smallest absolute Gasteiger partial charge is 0.0943 e. The van der Waals surface area contributed by atoms with Crippen LogP contribution in [-0.4, -0.2) is 5.38 Å². The topological polar surface area (TPSA) is 0 Å². The van der Waals surface area contributed by atoms with Crippen molar-refractivity contribution < 1.29 is 0 Å². The fourth-order valence-corrected chi connectivity index (χ4v) is 1.80. The monoisotopic (exact) mass is 228 g/mol. The van der Waals surface area contributed by atoms with Crippen LogP contribution in [0.3, 0.4) is 0 Å². The van der Waals surface area contributed by atoms with Gasteiger partial charge in [-0.25, -0.2) is 0 Å². The van der Waals surface area contributed by atoms with E-state index in [0.717, 1.165) is 19.3 Å². The van der Waals surface area contributed by atoms with Crippen molar-refractivity contribution in [1.29, 1.82) is 0 Å². The van der Waals surface area contributed by atoms with Crippen molar-refractivity contribution in [1.82, 2.24) is 0 Å². The van der Waals surface area contributed by atoms with Gasteiger partial charge in [0, 0.05) is 6.42 Å². The molecule has 0 spiro atoms. The lowest BCUT2D eigenvalue weighted by molar-refractivity contribution is 0.614. The van der Waals surface area contributed by atoms with E-state index in [1.807, 2.05) is 0 Å². The number of halogens is 1. The first-order valence-electron chi connectivity index (χ1n) is 6.43. The Labute approximate surface area is 101 Å². The summed E-state index contributed by atoms with van der Waals surface area (Å²) in [6.45, 7) is 4.39. The minimum absolute atomic E-state index is 0.0788. The van der Waals surface area contributed by atoms with E-state index in [1.54, 1.807) is 0 Å². The molecule has 0 radical (unpaired) electrons. The van der Waals surface area contributed by atoms with Crippen LogP contribution in [0.1, 0.15) is 71.6 Å². The van der Waals surface area contributed by atoms with Gasteiger partial charge >= 0.3 is 0 Å². The van der Waals surface area contributed by atoms with E-state index in [9.17, 15) is 0 Å². The first-order valence-corrected chi connectivity index (χ1v) is 6.87. The maximum absolute atomic E-state index is 5.99. The third-order valence-electron chi connectivity index (χ3n) is 2.46. The summed E-state index contributed by atoms with van der Waals surface area (Å²) in [5.74, 6) is 6.28. The van der Waals surface area contributed by atoms with Crippen LogP contribution in [0.25, 0.3) is 0 Å². The Morgan fingerprint density at radius 3 is 2.27 bits per heavy atom. The van der Waals surface area contributed by atoms with Gasteiger partial charge < -0.3 is 0 Å². The first-order chi connectivity index (χ1) is 7.31. The number of hydrogen-bond donors (Lipinski definition) is 0. The molecular weight excluding hydrogens is 204 g/mol. The second-order valence-electron chi connectivity index (χ2n) is 4.10. The van der Waals surface area contributed by atoms with Gasteiger partial charge in [0.15, 0.2) is 0 Å². The van der Waals surface area contributed by atoms with E-state index < -0.39 is 0 Å². The van der Waals surface area contributed by atoms with Gasteiger partial charge in [-0.15, -0.1) is 17.5 Å². The molecule has 0 aliphatic rings. The summed E-state index contributed by atoms with van der Waals surface area (Å²) in [4.78, 5) is 0. The summed E-state index contributed by atoms with van der Waals surface area (Å²) >= 11 is 5.99. The van der Waals surface area contributed by atoms with Crippen LogP contribution in [0.15, 0.2) is 0 Å². The van der Waals surface area contributed by atoms with Crippen LogP contribution in [0.2, 0.25) is 0 Å². The van der Waals surface area contributed by atoms with Crippen molar-refractivity contribution in [3.8, 4) is 11.8 Å². The lowest BCUT2D eigenvalue weighted by Crippen LogP contribution is -1.91. The molecule has 0 aromatic rings. The number of alkyl halides is 1. The second kappa shape index (κ2) is 11.9. The molecule has 0 bridgehead atoms. The minimum atomic E-state index is 0.0788. The van der Waals surface area contributed by atoms with E-state index in [2.05, 4.69) is 25.7 Å². The molecule has 1 unspecified atom stereocenters. The summed E-state index contributed by atoms with van der Waals surface area (Å²) < 4.78 is 0. The van der Waals surface area contributed by atoms with Gasteiger partial charge in [-0.1, -0.05) is 58.3 Å². The lowest BCUT2D eigenvalue weighted by Gasteiger charge is -1.97. The summed E-state index contributed by atoms with van der Waals surface area (Å²) in [6.07, 6.45) is 11.2. The molecule has 0 saturated heterocycles. The zero-order valence-corrected chi connectivity index (χ0v) is 11.1. The molecule has 0 aliphatic heterocycles. The molecule has 15 heavy (non-hydrogen) atoms. The van der Waals surface area contributed by atoms with Crippen LogP contribution in [-0.2, 0) is 0 Å². The molecule has 0 saturated carbocycles. The zero-order chi connectivity index (χ0) is 11.4. The fourth-order valence-electron chi connectivity index (χ4n) is 1.50. The Morgan fingerprint density at radius 2 is 1.60 bits per heavy atom. The van der Waals surface area contributed by atoms with Crippen LogP contribution in [0.4, 0.5) is 0 Å². The minimum Gasteiger partial charge on any atom is -0.109 e. The van der Waals surface area contributed by atoms with Crippen molar-refractivity contribution in [2.75, 3.05) is 0 Å². The SMILES string of the molecule is CCCCCCCCC#CC(Cl)CCC. The number of hydrogen-bond acceptors (Lipinski definition) is 0. The maximum atomic E-state index is 5.99. The highest BCUT2D eigenvalue weighted by Crippen LogP contribution is 2.07. The highest BCUT2D eigenvalue weighted by Gasteiger charge is 1.95. The van der Waals surface area contributed by atoms with Crippen LogP contribution >= 0.6 is 11.6 Å². The van der Waals surface area contributed by atoms with Gasteiger partial charge in [0.05, 0.1) is 5.38 Å². The zero-order valence-electron chi connectivity index (χ0n) is 10.3. The Bertz CT molecular complexity index is 176. The predicted octanol–water partition coefficient (Wildman–Crippen LogP) is 5.15. The molecule has 0 amide bonds. The van der Waals surface area contributed by atoms with Crippen molar-refractivity contribution in [2.45, 2.75) is 77.0 Å². The second-order valence-corrected chi connectivity index (χ2v) is 4.62. The van der Waals surface area contributed by atoms with Crippen molar-refractivity contribution >= 4 is 11.6 Å². The Balaban J connectivity index is 3.22.